The summed E-state index contributed by atoms with van der Waals surface area (Å²) in [6.07, 6.45) is 5.40. The Morgan fingerprint density at radius 3 is 2.89 bits per heavy atom. The standard InChI is InChI=1S/C12H12N4O2/c17-12(18)9-5-8-11(15-6-14-8)10(16-9)7-1-3-13-4-2-7/h1-4,6,9-10,16H,5H2,(H,14,15)(H,17,18)/t9-,10+/m1/s1. The van der Waals surface area contributed by atoms with Gasteiger partial charge < -0.3 is 10.1 Å². The van der Waals surface area contributed by atoms with Crippen molar-refractivity contribution < 1.29 is 9.90 Å². The minimum atomic E-state index is -0.852. The number of carbonyl (C=O) groups is 1. The number of H-pyrrole nitrogens is 1. The number of nitrogens with one attached hydrogen (secondary N) is 2. The lowest BCUT2D eigenvalue weighted by Gasteiger charge is -2.28. The van der Waals surface area contributed by atoms with Crippen LogP contribution in [-0.2, 0) is 11.2 Å². The number of pyridine rings is 1. The highest BCUT2D eigenvalue weighted by molar-refractivity contribution is 5.74. The lowest BCUT2D eigenvalue weighted by Crippen LogP contribution is -2.45. The predicted octanol–water partition coefficient (Wildman–Crippen LogP) is 0.493. The first-order chi connectivity index (χ1) is 8.75. The lowest BCUT2D eigenvalue weighted by atomic mass is 9.94. The van der Waals surface area contributed by atoms with E-state index in [2.05, 4.69) is 20.3 Å². The van der Waals surface area contributed by atoms with Crippen LogP contribution in [0.5, 0.6) is 0 Å². The van der Waals surface area contributed by atoms with Crippen LogP contribution < -0.4 is 5.32 Å². The number of carboxylic acid groups (broad SMARTS) is 1. The first-order valence-corrected chi connectivity index (χ1v) is 5.66. The second-order valence-corrected chi connectivity index (χ2v) is 4.24. The molecule has 1 aliphatic heterocycles. The van der Waals surface area contributed by atoms with Gasteiger partial charge in [-0.25, -0.2) is 4.98 Å². The van der Waals surface area contributed by atoms with Crippen molar-refractivity contribution in [2.24, 2.45) is 0 Å². The maximum Gasteiger partial charge on any atom is 0.321 e. The molecule has 0 saturated carbocycles. The fourth-order valence-corrected chi connectivity index (χ4v) is 2.26. The van der Waals surface area contributed by atoms with E-state index in [1.165, 1.54) is 0 Å². The summed E-state index contributed by atoms with van der Waals surface area (Å²) in [5, 5.41) is 12.3. The highest BCUT2D eigenvalue weighted by atomic mass is 16.4. The maximum absolute atomic E-state index is 11.2. The Hall–Kier alpha value is -2.21. The first-order valence-electron chi connectivity index (χ1n) is 5.66. The number of fused-ring (bicyclic) bond motifs is 1. The molecule has 0 spiro atoms. The summed E-state index contributed by atoms with van der Waals surface area (Å²) in [5.74, 6) is -0.852. The third kappa shape index (κ3) is 1.76. The summed E-state index contributed by atoms with van der Waals surface area (Å²) in [6.45, 7) is 0. The van der Waals surface area contributed by atoms with Crippen LogP contribution in [0.15, 0.2) is 30.9 Å². The number of aromatic nitrogens is 3. The quantitative estimate of drug-likeness (QED) is 0.715. The zero-order valence-electron chi connectivity index (χ0n) is 9.50. The molecule has 0 bridgehead atoms. The highest BCUT2D eigenvalue weighted by Gasteiger charge is 2.32. The van der Waals surface area contributed by atoms with Gasteiger partial charge in [-0.15, -0.1) is 0 Å². The number of aromatic amines is 1. The van der Waals surface area contributed by atoms with Gasteiger partial charge in [0.05, 0.1) is 18.1 Å². The van der Waals surface area contributed by atoms with Crippen LogP contribution in [0.25, 0.3) is 0 Å². The number of hydrogen-bond donors (Lipinski definition) is 3. The van der Waals surface area contributed by atoms with Gasteiger partial charge >= 0.3 is 5.97 Å². The molecule has 3 heterocycles. The fraction of sp³-hybridized carbons (Fsp3) is 0.250. The van der Waals surface area contributed by atoms with E-state index in [1.807, 2.05) is 12.1 Å². The van der Waals surface area contributed by atoms with Crippen molar-refractivity contribution in [3.8, 4) is 0 Å². The summed E-state index contributed by atoms with van der Waals surface area (Å²) in [4.78, 5) is 22.4. The van der Waals surface area contributed by atoms with E-state index in [-0.39, 0.29) is 6.04 Å². The van der Waals surface area contributed by atoms with Gasteiger partial charge in [0, 0.05) is 24.5 Å². The molecule has 0 saturated heterocycles. The van der Waals surface area contributed by atoms with E-state index >= 15 is 0 Å². The molecule has 3 rings (SSSR count). The molecule has 0 amide bonds. The molecule has 3 N–H and O–H groups in total. The first kappa shape index (κ1) is 10.9. The van der Waals surface area contributed by atoms with Gasteiger partial charge in [-0.2, -0.15) is 0 Å². The molecule has 0 unspecified atom stereocenters. The molecule has 0 aromatic carbocycles. The SMILES string of the molecule is O=C(O)[C@H]1Cc2[nH]cnc2[C@H](c2ccncc2)N1. The molecule has 2 atom stereocenters. The molecule has 2 aromatic heterocycles. The van der Waals surface area contributed by atoms with Crippen LogP contribution in [0, 0.1) is 0 Å². The second kappa shape index (κ2) is 4.23. The van der Waals surface area contributed by atoms with E-state index in [9.17, 15) is 4.79 Å². The van der Waals surface area contributed by atoms with Crippen LogP contribution in [0.4, 0.5) is 0 Å². The average molecular weight is 244 g/mol. The Balaban J connectivity index is 2.02. The van der Waals surface area contributed by atoms with Crippen LogP contribution in [0.1, 0.15) is 23.0 Å². The van der Waals surface area contributed by atoms with E-state index in [0.717, 1.165) is 17.0 Å². The van der Waals surface area contributed by atoms with Crippen molar-refractivity contribution in [1.29, 1.82) is 0 Å². The zero-order chi connectivity index (χ0) is 12.5. The lowest BCUT2D eigenvalue weighted by molar-refractivity contribution is -0.139. The van der Waals surface area contributed by atoms with Crippen LogP contribution in [0.2, 0.25) is 0 Å². The third-order valence-corrected chi connectivity index (χ3v) is 3.14. The molecule has 2 aromatic rings. The average Bonchev–Trinajstić information content (AvgIpc) is 2.86. The van der Waals surface area contributed by atoms with Gasteiger partial charge in [0.2, 0.25) is 0 Å². The van der Waals surface area contributed by atoms with E-state index < -0.39 is 12.0 Å². The minimum absolute atomic E-state index is 0.205. The molecular weight excluding hydrogens is 232 g/mol. The number of hydrogen-bond acceptors (Lipinski definition) is 4. The van der Waals surface area contributed by atoms with Gasteiger partial charge in [-0.3, -0.25) is 15.1 Å². The number of nitrogens with zero attached hydrogens (tertiary/aromatic N) is 2. The molecule has 92 valence electrons. The monoisotopic (exact) mass is 244 g/mol. The maximum atomic E-state index is 11.2. The number of rotatable bonds is 2. The smallest absolute Gasteiger partial charge is 0.321 e. The Labute approximate surface area is 103 Å². The predicted molar refractivity (Wildman–Crippen MR) is 62.9 cm³/mol. The second-order valence-electron chi connectivity index (χ2n) is 4.24. The zero-order valence-corrected chi connectivity index (χ0v) is 9.50. The van der Waals surface area contributed by atoms with Crippen molar-refractivity contribution in [2.75, 3.05) is 0 Å². The van der Waals surface area contributed by atoms with Crippen LogP contribution in [0.3, 0.4) is 0 Å². The molecule has 1 aliphatic rings. The number of imidazole rings is 1. The summed E-state index contributed by atoms with van der Waals surface area (Å²) in [7, 11) is 0. The summed E-state index contributed by atoms with van der Waals surface area (Å²) in [6, 6.07) is 2.92. The number of carboxylic acids is 1. The Kier molecular flexibility index (Phi) is 2.56. The van der Waals surface area contributed by atoms with Gasteiger partial charge in [0.15, 0.2) is 0 Å². The summed E-state index contributed by atoms with van der Waals surface area (Å²) >= 11 is 0. The molecule has 18 heavy (non-hydrogen) atoms. The van der Waals surface area contributed by atoms with Crippen molar-refractivity contribution in [3.63, 3.8) is 0 Å². The van der Waals surface area contributed by atoms with E-state index in [1.54, 1.807) is 18.7 Å². The van der Waals surface area contributed by atoms with Crippen molar-refractivity contribution in [1.82, 2.24) is 20.3 Å². The minimum Gasteiger partial charge on any atom is -0.480 e. The Bertz CT molecular complexity index is 566. The Morgan fingerprint density at radius 2 is 2.17 bits per heavy atom. The van der Waals surface area contributed by atoms with Crippen LogP contribution >= 0.6 is 0 Å². The van der Waals surface area contributed by atoms with Crippen LogP contribution in [-0.4, -0.2) is 32.1 Å². The van der Waals surface area contributed by atoms with Gasteiger partial charge in [0.1, 0.15) is 6.04 Å². The Morgan fingerprint density at radius 1 is 1.39 bits per heavy atom. The van der Waals surface area contributed by atoms with E-state index in [0.29, 0.717) is 6.42 Å². The highest BCUT2D eigenvalue weighted by Crippen LogP contribution is 2.27. The van der Waals surface area contributed by atoms with Gasteiger partial charge in [0.25, 0.3) is 0 Å². The summed E-state index contributed by atoms with van der Waals surface area (Å²) in [5.41, 5.74) is 2.70. The molecule has 0 radical (unpaired) electrons. The molecule has 0 fully saturated rings. The third-order valence-electron chi connectivity index (χ3n) is 3.14. The normalized spacial score (nSPS) is 22.4. The molecular formula is C12H12N4O2. The fourth-order valence-electron chi connectivity index (χ4n) is 2.26. The molecule has 0 aliphatic carbocycles. The van der Waals surface area contributed by atoms with Crippen molar-refractivity contribution in [2.45, 2.75) is 18.5 Å². The topological polar surface area (TPSA) is 90.9 Å². The number of aliphatic carboxylic acids is 1. The van der Waals surface area contributed by atoms with Crippen molar-refractivity contribution in [3.05, 3.63) is 47.8 Å². The van der Waals surface area contributed by atoms with E-state index in [4.69, 9.17) is 5.11 Å². The van der Waals surface area contributed by atoms with Gasteiger partial charge in [-0.1, -0.05) is 0 Å². The van der Waals surface area contributed by atoms with Crippen molar-refractivity contribution >= 4 is 5.97 Å². The summed E-state index contributed by atoms with van der Waals surface area (Å²) < 4.78 is 0. The van der Waals surface area contributed by atoms with Gasteiger partial charge in [-0.05, 0) is 17.7 Å². The molecule has 6 heteroatoms. The largest absolute Gasteiger partial charge is 0.480 e. The molecule has 6 nitrogen and oxygen atoms in total.